The van der Waals surface area contributed by atoms with Gasteiger partial charge in [-0.1, -0.05) is 0 Å². The van der Waals surface area contributed by atoms with Crippen LogP contribution in [0.2, 0.25) is 0 Å². The third-order valence-corrected chi connectivity index (χ3v) is 3.69. The molecule has 6 heteroatoms. The number of amides is 2. The lowest BCUT2D eigenvalue weighted by atomic mass is 9.88. The first-order valence-corrected chi connectivity index (χ1v) is 5.72. The van der Waals surface area contributed by atoms with E-state index in [1.54, 1.807) is 0 Å². The molecule has 3 saturated heterocycles. The number of hydrogen-bond acceptors (Lipinski definition) is 4. The first kappa shape index (κ1) is 10.0. The average Bonchev–Trinajstić information content (AvgIpc) is 2.95. The molecule has 6 nitrogen and oxygen atoms in total. The Bertz CT molecular complexity index is 333. The van der Waals surface area contributed by atoms with Crippen molar-refractivity contribution < 1.29 is 14.4 Å². The standard InChI is InChI=1S/C10H15N3O3/c14-9(12-8-4-16-13-10(8)15)6-3-5-1-2-7(6)11-5/h5-8,11H,1-4H2,(H,12,14)(H,13,15)/t5?,6?,7?,8-/m1/s1. The lowest BCUT2D eigenvalue weighted by Crippen LogP contribution is -2.46. The Balaban J connectivity index is 1.59. The number of fused-ring (bicyclic) bond motifs is 2. The predicted molar refractivity (Wildman–Crippen MR) is 54.1 cm³/mol. The molecule has 0 aliphatic carbocycles. The lowest BCUT2D eigenvalue weighted by Gasteiger charge is -2.20. The molecule has 0 aromatic heterocycles. The Morgan fingerprint density at radius 3 is 2.88 bits per heavy atom. The van der Waals surface area contributed by atoms with Crippen molar-refractivity contribution in [3.63, 3.8) is 0 Å². The van der Waals surface area contributed by atoms with Crippen molar-refractivity contribution >= 4 is 11.8 Å². The summed E-state index contributed by atoms with van der Waals surface area (Å²) in [7, 11) is 0. The summed E-state index contributed by atoms with van der Waals surface area (Å²) in [6.07, 6.45) is 3.13. The summed E-state index contributed by atoms with van der Waals surface area (Å²) in [5, 5.41) is 6.14. The molecule has 3 N–H and O–H groups in total. The van der Waals surface area contributed by atoms with Gasteiger partial charge >= 0.3 is 0 Å². The van der Waals surface area contributed by atoms with Gasteiger partial charge < -0.3 is 10.6 Å². The van der Waals surface area contributed by atoms with Crippen molar-refractivity contribution in [1.82, 2.24) is 16.1 Å². The van der Waals surface area contributed by atoms with E-state index < -0.39 is 6.04 Å². The highest BCUT2D eigenvalue weighted by Crippen LogP contribution is 2.33. The molecule has 0 aromatic carbocycles. The average molecular weight is 225 g/mol. The van der Waals surface area contributed by atoms with Crippen LogP contribution in [0.15, 0.2) is 0 Å². The van der Waals surface area contributed by atoms with Crippen molar-refractivity contribution in [3.05, 3.63) is 0 Å². The van der Waals surface area contributed by atoms with Gasteiger partial charge in [-0.3, -0.25) is 14.4 Å². The van der Waals surface area contributed by atoms with E-state index in [9.17, 15) is 9.59 Å². The molecule has 2 bridgehead atoms. The minimum absolute atomic E-state index is 0.0205. The fourth-order valence-electron chi connectivity index (χ4n) is 2.84. The molecule has 3 heterocycles. The second-order valence-electron chi connectivity index (χ2n) is 4.73. The number of carbonyl (C=O) groups excluding carboxylic acids is 2. The van der Waals surface area contributed by atoms with Crippen LogP contribution < -0.4 is 16.1 Å². The first-order valence-electron chi connectivity index (χ1n) is 5.72. The zero-order valence-electron chi connectivity index (χ0n) is 8.86. The third kappa shape index (κ3) is 1.58. The summed E-state index contributed by atoms with van der Waals surface area (Å²) in [5.74, 6) is -0.262. The molecule has 4 atom stereocenters. The van der Waals surface area contributed by atoms with Gasteiger partial charge in [0, 0.05) is 12.1 Å². The normalized spacial score (nSPS) is 41.1. The van der Waals surface area contributed by atoms with Crippen LogP contribution >= 0.6 is 0 Å². The molecule has 2 amide bonds. The summed E-state index contributed by atoms with van der Waals surface area (Å²) in [6.45, 7) is 0.221. The maximum Gasteiger partial charge on any atom is 0.268 e. The van der Waals surface area contributed by atoms with Gasteiger partial charge in [0.05, 0.1) is 5.92 Å². The van der Waals surface area contributed by atoms with Gasteiger partial charge in [0.1, 0.15) is 12.6 Å². The summed E-state index contributed by atoms with van der Waals surface area (Å²) in [6, 6.07) is 0.274. The summed E-state index contributed by atoms with van der Waals surface area (Å²) in [5.41, 5.74) is 2.23. The molecule has 3 aliphatic heterocycles. The topological polar surface area (TPSA) is 79.5 Å². The van der Waals surface area contributed by atoms with E-state index in [1.165, 1.54) is 6.42 Å². The highest BCUT2D eigenvalue weighted by Gasteiger charge is 2.43. The van der Waals surface area contributed by atoms with Gasteiger partial charge in [-0.25, -0.2) is 5.48 Å². The molecular formula is C10H15N3O3. The number of hydroxylamine groups is 1. The van der Waals surface area contributed by atoms with Crippen LogP contribution in [0.1, 0.15) is 19.3 Å². The number of carbonyl (C=O) groups is 2. The van der Waals surface area contributed by atoms with Crippen molar-refractivity contribution in [3.8, 4) is 0 Å². The minimum Gasteiger partial charge on any atom is -0.342 e. The fraction of sp³-hybridized carbons (Fsp3) is 0.800. The van der Waals surface area contributed by atoms with E-state index in [0.717, 1.165) is 12.8 Å². The van der Waals surface area contributed by atoms with Crippen molar-refractivity contribution in [1.29, 1.82) is 0 Å². The molecule has 0 aromatic rings. The fourth-order valence-corrected chi connectivity index (χ4v) is 2.84. The van der Waals surface area contributed by atoms with Gasteiger partial charge in [0.2, 0.25) is 5.91 Å². The number of rotatable bonds is 2. The molecule has 3 fully saturated rings. The van der Waals surface area contributed by atoms with Gasteiger partial charge in [0.15, 0.2) is 0 Å². The zero-order chi connectivity index (χ0) is 11.1. The maximum absolute atomic E-state index is 12.0. The van der Waals surface area contributed by atoms with Crippen LogP contribution in [0.3, 0.4) is 0 Å². The SMILES string of the molecule is O=C(N[C@@H]1CONC1=O)C1CC2CCC1N2. The van der Waals surface area contributed by atoms with Gasteiger partial charge in [-0.05, 0) is 19.3 Å². The summed E-state index contributed by atoms with van der Waals surface area (Å²) < 4.78 is 0. The lowest BCUT2D eigenvalue weighted by molar-refractivity contribution is -0.130. The second kappa shape index (κ2) is 3.71. The van der Waals surface area contributed by atoms with E-state index in [2.05, 4.69) is 16.1 Å². The van der Waals surface area contributed by atoms with E-state index in [-0.39, 0.29) is 24.3 Å². The third-order valence-electron chi connectivity index (χ3n) is 3.69. The van der Waals surface area contributed by atoms with E-state index >= 15 is 0 Å². The van der Waals surface area contributed by atoms with Crippen LogP contribution in [-0.2, 0) is 14.4 Å². The van der Waals surface area contributed by atoms with Crippen LogP contribution in [0.25, 0.3) is 0 Å². The van der Waals surface area contributed by atoms with Crippen LogP contribution in [0.5, 0.6) is 0 Å². The molecule has 0 spiro atoms. The predicted octanol–water partition coefficient (Wildman–Crippen LogP) is -1.33. The largest absolute Gasteiger partial charge is 0.342 e. The van der Waals surface area contributed by atoms with Crippen molar-refractivity contribution in [2.75, 3.05) is 6.61 Å². The molecule has 3 unspecified atom stereocenters. The quantitative estimate of drug-likeness (QED) is 0.544. The second-order valence-corrected chi connectivity index (χ2v) is 4.73. The Labute approximate surface area is 93.0 Å². The summed E-state index contributed by atoms with van der Waals surface area (Å²) in [4.78, 5) is 27.9. The Hall–Kier alpha value is -1.14. The molecule has 88 valence electrons. The Morgan fingerprint density at radius 2 is 2.31 bits per heavy atom. The van der Waals surface area contributed by atoms with E-state index in [1.807, 2.05) is 0 Å². The molecule has 0 saturated carbocycles. The first-order chi connectivity index (χ1) is 7.74. The molecule has 3 rings (SSSR count). The Morgan fingerprint density at radius 1 is 1.44 bits per heavy atom. The van der Waals surface area contributed by atoms with Crippen molar-refractivity contribution in [2.24, 2.45) is 5.92 Å². The monoisotopic (exact) mass is 225 g/mol. The molecule has 16 heavy (non-hydrogen) atoms. The Kier molecular flexibility index (Phi) is 2.33. The van der Waals surface area contributed by atoms with Gasteiger partial charge in [-0.2, -0.15) is 0 Å². The van der Waals surface area contributed by atoms with E-state index in [4.69, 9.17) is 4.84 Å². The summed E-state index contributed by atoms with van der Waals surface area (Å²) >= 11 is 0. The number of hydrogen-bond donors (Lipinski definition) is 3. The van der Waals surface area contributed by atoms with Gasteiger partial charge in [0.25, 0.3) is 5.91 Å². The highest BCUT2D eigenvalue weighted by molar-refractivity contribution is 5.89. The molecular weight excluding hydrogens is 210 g/mol. The number of nitrogens with one attached hydrogen (secondary N) is 3. The smallest absolute Gasteiger partial charge is 0.268 e. The van der Waals surface area contributed by atoms with Crippen LogP contribution in [0, 0.1) is 5.92 Å². The van der Waals surface area contributed by atoms with E-state index in [0.29, 0.717) is 12.1 Å². The molecule has 0 radical (unpaired) electrons. The maximum atomic E-state index is 12.0. The zero-order valence-corrected chi connectivity index (χ0v) is 8.86. The minimum atomic E-state index is -0.522. The van der Waals surface area contributed by atoms with Crippen molar-refractivity contribution in [2.45, 2.75) is 37.4 Å². The highest BCUT2D eigenvalue weighted by atomic mass is 16.7. The molecule has 3 aliphatic rings. The van der Waals surface area contributed by atoms with Crippen LogP contribution in [-0.4, -0.2) is 36.5 Å². The van der Waals surface area contributed by atoms with Gasteiger partial charge in [-0.15, -0.1) is 0 Å². The van der Waals surface area contributed by atoms with Crippen LogP contribution in [0.4, 0.5) is 0 Å².